The van der Waals surface area contributed by atoms with Crippen molar-refractivity contribution in [1.29, 1.82) is 0 Å². The van der Waals surface area contributed by atoms with Gasteiger partial charge in [-0.2, -0.15) is 5.10 Å². The first-order chi connectivity index (χ1) is 9.94. The molecular formula is C14H26N4O2S. The molecule has 1 N–H and O–H groups in total. The highest BCUT2D eigenvalue weighted by molar-refractivity contribution is 7.91. The Bertz CT molecular complexity index is 580. The standard InChI is InChI=1S/C14H26N4O2S/c1-4-6-15-11-13-12(2)16-17(3)14(13)18-7-5-9-21(19,20)10-8-18/h15H,4-11H2,1-3H3. The summed E-state index contributed by atoms with van der Waals surface area (Å²) >= 11 is 0. The molecule has 7 heteroatoms. The topological polar surface area (TPSA) is 67.2 Å². The van der Waals surface area contributed by atoms with Crippen LogP contribution >= 0.6 is 0 Å². The van der Waals surface area contributed by atoms with Crippen LogP contribution in [-0.2, 0) is 23.4 Å². The van der Waals surface area contributed by atoms with Crippen molar-refractivity contribution in [3.8, 4) is 0 Å². The second-order valence-electron chi connectivity index (χ2n) is 5.68. The molecular weight excluding hydrogens is 288 g/mol. The number of nitrogens with zero attached hydrogens (tertiary/aromatic N) is 3. The summed E-state index contributed by atoms with van der Waals surface area (Å²) in [5, 5.41) is 7.94. The summed E-state index contributed by atoms with van der Waals surface area (Å²) in [6.45, 7) is 7.25. The summed E-state index contributed by atoms with van der Waals surface area (Å²) < 4.78 is 25.4. The third kappa shape index (κ3) is 3.97. The van der Waals surface area contributed by atoms with Gasteiger partial charge in [0, 0.05) is 32.2 Å². The van der Waals surface area contributed by atoms with Gasteiger partial charge in [0.1, 0.15) is 5.82 Å². The molecule has 1 aliphatic rings. The molecule has 0 unspecified atom stereocenters. The summed E-state index contributed by atoms with van der Waals surface area (Å²) in [4.78, 5) is 2.17. The molecule has 0 aromatic carbocycles. The number of sulfone groups is 1. The fourth-order valence-corrected chi connectivity index (χ4v) is 4.10. The summed E-state index contributed by atoms with van der Waals surface area (Å²) in [6, 6.07) is 0. The van der Waals surface area contributed by atoms with Crippen molar-refractivity contribution >= 4 is 15.7 Å². The lowest BCUT2D eigenvalue weighted by molar-refractivity contribution is 0.597. The first-order valence-electron chi connectivity index (χ1n) is 7.63. The number of nitrogens with one attached hydrogen (secondary N) is 1. The van der Waals surface area contributed by atoms with Crippen LogP contribution in [0.2, 0.25) is 0 Å². The van der Waals surface area contributed by atoms with E-state index in [1.54, 1.807) is 0 Å². The van der Waals surface area contributed by atoms with Crippen molar-refractivity contribution < 1.29 is 8.42 Å². The van der Waals surface area contributed by atoms with Crippen molar-refractivity contribution in [2.75, 3.05) is 36.0 Å². The zero-order chi connectivity index (χ0) is 15.5. The zero-order valence-corrected chi connectivity index (χ0v) is 14.0. The van der Waals surface area contributed by atoms with Crippen LogP contribution in [0.5, 0.6) is 0 Å². The van der Waals surface area contributed by atoms with E-state index in [4.69, 9.17) is 0 Å². The van der Waals surface area contributed by atoms with E-state index in [2.05, 4.69) is 22.2 Å². The molecule has 0 amide bonds. The molecule has 0 saturated carbocycles. The molecule has 6 nitrogen and oxygen atoms in total. The highest BCUT2D eigenvalue weighted by atomic mass is 32.2. The van der Waals surface area contributed by atoms with Crippen LogP contribution in [-0.4, -0.2) is 49.3 Å². The van der Waals surface area contributed by atoms with Crippen LogP contribution < -0.4 is 10.2 Å². The SMILES string of the molecule is CCCNCc1c(C)nn(C)c1N1CCCS(=O)(=O)CC1. The first-order valence-corrected chi connectivity index (χ1v) is 9.45. The number of aromatic nitrogens is 2. The molecule has 2 heterocycles. The van der Waals surface area contributed by atoms with Crippen LogP contribution in [0.3, 0.4) is 0 Å². The Morgan fingerprint density at radius 1 is 1.29 bits per heavy atom. The molecule has 1 aromatic heterocycles. The average Bonchev–Trinajstić information content (AvgIpc) is 2.57. The van der Waals surface area contributed by atoms with E-state index in [1.807, 2.05) is 18.7 Å². The van der Waals surface area contributed by atoms with Crippen LogP contribution in [0, 0.1) is 6.92 Å². The van der Waals surface area contributed by atoms with Gasteiger partial charge in [-0.05, 0) is 26.3 Å². The second kappa shape index (κ2) is 6.79. The van der Waals surface area contributed by atoms with E-state index in [0.29, 0.717) is 18.7 Å². The Labute approximate surface area is 127 Å². The van der Waals surface area contributed by atoms with E-state index >= 15 is 0 Å². The van der Waals surface area contributed by atoms with Gasteiger partial charge in [0.05, 0.1) is 17.2 Å². The van der Waals surface area contributed by atoms with Crippen LogP contribution in [0.25, 0.3) is 0 Å². The quantitative estimate of drug-likeness (QED) is 0.816. The van der Waals surface area contributed by atoms with Gasteiger partial charge in [-0.3, -0.25) is 4.68 Å². The van der Waals surface area contributed by atoms with Crippen LogP contribution in [0.4, 0.5) is 5.82 Å². The molecule has 0 atom stereocenters. The maximum absolute atomic E-state index is 11.8. The number of aryl methyl sites for hydroxylation is 2. The van der Waals surface area contributed by atoms with Crippen molar-refractivity contribution in [3.63, 3.8) is 0 Å². The Kier molecular flexibility index (Phi) is 5.27. The van der Waals surface area contributed by atoms with Crippen LogP contribution in [0.15, 0.2) is 0 Å². The highest BCUT2D eigenvalue weighted by Crippen LogP contribution is 2.24. The Morgan fingerprint density at radius 2 is 2.05 bits per heavy atom. The minimum atomic E-state index is -2.89. The van der Waals surface area contributed by atoms with E-state index in [-0.39, 0.29) is 5.75 Å². The molecule has 0 radical (unpaired) electrons. The number of hydrogen-bond acceptors (Lipinski definition) is 5. The van der Waals surface area contributed by atoms with Crippen molar-refractivity contribution in [3.05, 3.63) is 11.3 Å². The van der Waals surface area contributed by atoms with Gasteiger partial charge in [0.2, 0.25) is 0 Å². The third-order valence-electron chi connectivity index (χ3n) is 3.90. The molecule has 2 rings (SSSR count). The van der Waals surface area contributed by atoms with Crippen molar-refractivity contribution in [1.82, 2.24) is 15.1 Å². The fraction of sp³-hybridized carbons (Fsp3) is 0.786. The van der Waals surface area contributed by atoms with Gasteiger partial charge in [-0.1, -0.05) is 6.92 Å². The molecule has 1 fully saturated rings. The van der Waals surface area contributed by atoms with Gasteiger partial charge in [-0.15, -0.1) is 0 Å². The van der Waals surface area contributed by atoms with Gasteiger partial charge in [-0.25, -0.2) is 8.42 Å². The molecule has 1 saturated heterocycles. The Morgan fingerprint density at radius 3 is 2.76 bits per heavy atom. The fourth-order valence-electron chi connectivity index (χ4n) is 2.83. The summed E-state index contributed by atoms with van der Waals surface area (Å²) in [5.74, 6) is 1.59. The first kappa shape index (κ1) is 16.3. The summed E-state index contributed by atoms with van der Waals surface area (Å²) in [5.41, 5.74) is 2.20. The Balaban J connectivity index is 2.21. The largest absolute Gasteiger partial charge is 0.356 e. The minimum Gasteiger partial charge on any atom is -0.356 e. The smallest absolute Gasteiger partial charge is 0.152 e. The van der Waals surface area contributed by atoms with E-state index in [9.17, 15) is 8.42 Å². The van der Waals surface area contributed by atoms with Crippen molar-refractivity contribution in [2.45, 2.75) is 33.2 Å². The summed E-state index contributed by atoms with van der Waals surface area (Å²) in [6.07, 6.45) is 1.78. The van der Waals surface area contributed by atoms with Gasteiger partial charge in [0.15, 0.2) is 9.84 Å². The number of anilines is 1. The molecule has 120 valence electrons. The molecule has 0 spiro atoms. The lowest BCUT2D eigenvalue weighted by atomic mass is 10.2. The maximum atomic E-state index is 11.8. The van der Waals surface area contributed by atoms with Gasteiger partial charge in [0.25, 0.3) is 0 Å². The normalized spacial score (nSPS) is 18.7. The van der Waals surface area contributed by atoms with Gasteiger partial charge >= 0.3 is 0 Å². The number of hydrogen-bond donors (Lipinski definition) is 1. The highest BCUT2D eigenvalue weighted by Gasteiger charge is 2.24. The predicted octanol–water partition coefficient (Wildman–Crippen LogP) is 0.853. The number of rotatable bonds is 5. The van der Waals surface area contributed by atoms with E-state index in [1.165, 1.54) is 5.56 Å². The van der Waals surface area contributed by atoms with Crippen LogP contribution in [0.1, 0.15) is 31.0 Å². The van der Waals surface area contributed by atoms with E-state index in [0.717, 1.165) is 37.6 Å². The molecule has 1 aromatic rings. The monoisotopic (exact) mass is 314 g/mol. The second-order valence-corrected chi connectivity index (χ2v) is 7.98. The zero-order valence-electron chi connectivity index (χ0n) is 13.2. The lowest BCUT2D eigenvalue weighted by Crippen LogP contribution is -2.30. The van der Waals surface area contributed by atoms with Gasteiger partial charge < -0.3 is 10.2 Å². The van der Waals surface area contributed by atoms with E-state index < -0.39 is 9.84 Å². The van der Waals surface area contributed by atoms with Crippen molar-refractivity contribution in [2.24, 2.45) is 7.05 Å². The maximum Gasteiger partial charge on any atom is 0.152 e. The minimum absolute atomic E-state index is 0.235. The Hall–Kier alpha value is -1.08. The third-order valence-corrected chi connectivity index (χ3v) is 5.61. The molecule has 21 heavy (non-hydrogen) atoms. The predicted molar refractivity (Wildman–Crippen MR) is 85.4 cm³/mol. The lowest BCUT2D eigenvalue weighted by Gasteiger charge is -2.23. The average molecular weight is 314 g/mol. The molecule has 0 bridgehead atoms. The molecule has 1 aliphatic heterocycles. The summed E-state index contributed by atoms with van der Waals surface area (Å²) in [7, 11) is -0.951. The molecule has 0 aliphatic carbocycles.